The summed E-state index contributed by atoms with van der Waals surface area (Å²) < 4.78 is 16.1. The summed E-state index contributed by atoms with van der Waals surface area (Å²) in [6, 6.07) is 11.8. The zero-order chi connectivity index (χ0) is 22.2. The van der Waals surface area contributed by atoms with E-state index in [0.717, 1.165) is 5.69 Å². The number of carbonyl (C=O) groups is 1. The van der Waals surface area contributed by atoms with Crippen LogP contribution >= 0.6 is 24.0 Å². The lowest BCUT2D eigenvalue weighted by molar-refractivity contribution is -0.131. The molecule has 0 fully saturated rings. The first-order valence-electron chi connectivity index (χ1n) is 10.2. The lowest BCUT2D eigenvalue weighted by atomic mass is 10.1. The van der Waals surface area contributed by atoms with Gasteiger partial charge in [0.2, 0.25) is 11.7 Å². The number of nitrogens with one attached hydrogen (secondary N) is 2. The van der Waals surface area contributed by atoms with E-state index >= 15 is 0 Å². The van der Waals surface area contributed by atoms with Crippen LogP contribution in [0.3, 0.4) is 0 Å². The monoisotopic (exact) mass is 554 g/mol. The number of amides is 1. The van der Waals surface area contributed by atoms with Crippen molar-refractivity contribution in [1.29, 1.82) is 0 Å². The zero-order valence-electron chi connectivity index (χ0n) is 18.9. The van der Waals surface area contributed by atoms with Crippen LogP contribution in [0, 0.1) is 0 Å². The van der Waals surface area contributed by atoms with Gasteiger partial charge in [-0.25, -0.2) is 0 Å². The second-order valence-electron chi connectivity index (χ2n) is 7.16. The molecule has 1 aliphatic heterocycles. The summed E-state index contributed by atoms with van der Waals surface area (Å²) in [5.74, 6) is 2.40. The molecule has 2 aromatic rings. The molecule has 0 saturated heterocycles. The molecule has 8 nitrogen and oxygen atoms in total. The van der Waals surface area contributed by atoms with Crippen molar-refractivity contribution in [2.45, 2.75) is 25.9 Å². The maximum absolute atomic E-state index is 12.5. The van der Waals surface area contributed by atoms with Crippen LogP contribution in [0.5, 0.6) is 17.2 Å². The van der Waals surface area contributed by atoms with Crippen LogP contribution in [0.15, 0.2) is 41.4 Å². The third-order valence-corrected chi connectivity index (χ3v) is 5.20. The van der Waals surface area contributed by atoms with Crippen LogP contribution < -0.4 is 24.8 Å². The summed E-state index contributed by atoms with van der Waals surface area (Å²) in [7, 11) is 6.41. The fraction of sp³-hybridized carbons (Fsp3) is 0.391. The van der Waals surface area contributed by atoms with Crippen LogP contribution in [0.25, 0.3) is 0 Å². The molecule has 2 N–H and O–H groups in total. The van der Waals surface area contributed by atoms with Gasteiger partial charge in [-0.1, -0.05) is 24.3 Å². The standard InChI is InChI=1S/C23H30N4O4.HI/c1-24-23(26-18-12-19(29-2)22(31-4)20(13-18)30-3)25-11-7-10-21(28)27-14-16-8-5-6-9-17(16)15-27;/h5-6,8-9,12-13H,7,10-11,14-15H2,1-4H3,(H2,24,25,26);1H. The number of anilines is 1. The highest BCUT2D eigenvalue weighted by atomic mass is 127. The molecule has 1 amide bonds. The first kappa shape index (κ1) is 25.6. The Morgan fingerprint density at radius 3 is 2.12 bits per heavy atom. The minimum absolute atomic E-state index is 0. The van der Waals surface area contributed by atoms with Crippen molar-refractivity contribution < 1.29 is 19.0 Å². The lowest BCUT2D eigenvalue weighted by Crippen LogP contribution is -2.32. The van der Waals surface area contributed by atoms with E-state index in [0.29, 0.717) is 55.7 Å². The fourth-order valence-electron chi connectivity index (χ4n) is 3.58. The lowest BCUT2D eigenvalue weighted by Gasteiger charge is -2.17. The number of hydrogen-bond acceptors (Lipinski definition) is 5. The normalized spacial score (nSPS) is 12.5. The van der Waals surface area contributed by atoms with Gasteiger partial charge in [-0.2, -0.15) is 0 Å². The molecule has 1 heterocycles. The minimum atomic E-state index is 0. The van der Waals surface area contributed by atoms with Crippen LogP contribution in [0.4, 0.5) is 5.69 Å². The van der Waals surface area contributed by atoms with Crippen LogP contribution in [-0.4, -0.2) is 51.7 Å². The maximum atomic E-state index is 12.5. The minimum Gasteiger partial charge on any atom is -0.493 e. The molecule has 2 aromatic carbocycles. The highest BCUT2D eigenvalue weighted by Crippen LogP contribution is 2.39. The van der Waals surface area contributed by atoms with Crippen LogP contribution in [0.1, 0.15) is 24.0 Å². The predicted molar refractivity (Wildman–Crippen MR) is 136 cm³/mol. The number of benzene rings is 2. The maximum Gasteiger partial charge on any atom is 0.223 e. The summed E-state index contributed by atoms with van der Waals surface area (Å²) in [6.45, 7) is 2.02. The van der Waals surface area contributed by atoms with E-state index in [2.05, 4.69) is 27.8 Å². The average Bonchev–Trinajstić information content (AvgIpc) is 3.24. The largest absolute Gasteiger partial charge is 0.493 e. The van der Waals surface area contributed by atoms with Crippen LogP contribution in [0.2, 0.25) is 0 Å². The molecule has 0 radical (unpaired) electrons. The number of fused-ring (bicyclic) bond motifs is 1. The van der Waals surface area contributed by atoms with Crippen molar-refractivity contribution in [3.8, 4) is 17.2 Å². The SMILES string of the molecule is CN=C(NCCCC(=O)N1Cc2ccccc2C1)Nc1cc(OC)c(OC)c(OC)c1.I. The predicted octanol–water partition coefficient (Wildman–Crippen LogP) is 3.64. The van der Waals surface area contributed by atoms with E-state index < -0.39 is 0 Å². The Balaban J connectivity index is 0.00000363. The molecular weight excluding hydrogens is 523 g/mol. The number of carbonyl (C=O) groups excluding carboxylic acids is 1. The number of halogens is 1. The Bertz CT molecular complexity index is 901. The van der Waals surface area contributed by atoms with Gasteiger partial charge < -0.3 is 29.7 Å². The fourth-order valence-corrected chi connectivity index (χ4v) is 3.58. The molecule has 3 rings (SSSR count). The Labute approximate surface area is 206 Å². The van der Waals surface area contributed by atoms with Crippen molar-refractivity contribution in [1.82, 2.24) is 10.2 Å². The molecule has 9 heteroatoms. The molecular formula is C23H31IN4O4. The van der Waals surface area contributed by atoms with Crippen molar-refractivity contribution in [3.63, 3.8) is 0 Å². The van der Waals surface area contributed by atoms with E-state index in [1.165, 1.54) is 11.1 Å². The summed E-state index contributed by atoms with van der Waals surface area (Å²) in [6.07, 6.45) is 1.20. The van der Waals surface area contributed by atoms with Crippen LogP contribution in [-0.2, 0) is 17.9 Å². The molecule has 1 aliphatic rings. The Morgan fingerprint density at radius 2 is 1.62 bits per heavy atom. The van der Waals surface area contributed by atoms with Gasteiger partial charge in [-0.3, -0.25) is 9.79 Å². The molecule has 32 heavy (non-hydrogen) atoms. The van der Waals surface area contributed by atoms with E-state index in [9.17, 15) is 4.79 Å². The number of ether oxygens (including phenoxy) is 3. The van der Waals surface area contributed by atoms with Crippen molar-refractivity contribution in [2.24, 2.45) is 4.99 Å². The first-order valence-corrected chi connectivity index (χ1v) is 10.2. The second-order valence-corrected chi connectivity index (χ2v) is 7.16. The highest BCUT2D eigenvalue weighted by Gasteiger charge is 2.22. The Morgan fingerprint density at radius 1 is 1.03 bits per heavy atom. The Kier molecular flexibility index (Phi) is 9.89. The summed E-state index contributed by atoms with van der Waals surface area (Å²) >= 11 is 0. The van der Waals surface area contributed by atoms with E-state index in [1.54, 1.807) is 28.4 Å². The number of hydrogen-bond donors (Lipinski definition) is 2. The molecule has 174 valence electrons. The quantitative estimate of drug-likeness (QED) is 0.225. The molecule has 0 aliphatic carbocycles. The summed E-state index contributed by atoms with van der Waals surface area (Å²) in [5, 5.41) is 6.45. The van der Waals surface area contributed by atoms with Gasteiger partial charge in [0.15, 0.2) is 17.5 Å². The van der Waals surface area contributed by atoms with E-state index in [1.807, 2.05) is 29.2 Å². The van der Waals surface area contributed by atoms with Crippen molar-refractivity contribution >= 4 is 41.5 Å². The topological polar surface area (TPSA) is 84.4 Å². The summed E-state index contributed by atoms with van der Waals surface area (Å²) in [4.78, 5) is 18.7. The second kappa shape index (κ2) is 12.4. The van der Waals surface area contributed by atoms with Gasteiger partial charge >= 0.3 is 0 Å². The zero-order valence-corrected chi connectivity index (χ0v) is 21.3. The van der Waals surface area contributed by atoms with Gasteiger partial charge in [0.05, 0.1) is 21.3 Å². The van der Waals surface area contributed by atoms with Gasteiger partial charge in [0, 0.05) is 50.9 Å². The third kappa shape index (κ3) is 6.18. The average molecular weight is 554 g/mol. The Hall–Kier alpha value is -2.69. The van der Waals surface area contributed by atoms with E-state index in [-0.39, 0.29) is 29.9 Å². The van der Waals surface area contributed by atoms with Crippen molar-refractivity contribution in [2.75, 3.05) is 40.2 Å². The summed E-state index contributed by atoms with van der Waals surface area (Å²) in [5.41, 5.74) is 3.22. The van der Waals surface area contributed by atoms with E-state index in [4.69, 9.17) is 14.2 Å². The number of aliphatic imine (C=N–C) groups is 1. The molecule has 0 bridgehead atoms. The molecule has 0 unspecified atom stereocenters. The molecule has 0 atom stereocenters. The van der Waals surface area contributed by atoms with Gasteiger partial charge in [0.1, 0.15) is 0 Å². The highest BCUT2D eigenvalue weighted by molar-refractivity contribution is 14.0. The van der Waals surface area contributed by atoms with Crippen molar-refractivity contribution in [3.05, 3.63) is 47.5 Å². The van der Waals surface area contributed by atoms with Gasteiger partial charge in [-0.15, -0.1) is 24.0 Å². The van der Waals surface area contributed by atoms with Gasteiger partial charge in [0.25, 0.3) is 0 Å². The number of guanidine groups is 1. The number of methoxy groups -OCH3 is 3. The number of nitrogens with zero attached hydrogens (tertiary/aromatic N) is 2. The molecule has 0 saturated carbocycles. The molecule has 0 aromatic heterocycles. The number of rotatable bonds is 8. The molecule has 0 spiro atoms. The smallest absolute Gasteiger partial charge is 0.223 e. The van der Waals surface area contributed by atoms with Gasteiger partial charge in [-0.05, 0) is 17.5 Å². The third-order valence-electron chi connectivity index (χ3n) is 5.20. The first-order chi connectivity index (χ1) is 15.1.